The van der Waals surface area contributed by atoms with E-state index in [9.17, 15) is 27.6 Å². The van der Waals surface area contributed by atoms with Gasteiger partial charge in [-0.15, -0.1) is 11.8 Å². The van der Waals surface area contributed by atoms with Crippen LogP contribution in [0.5, 0.6) is 11.5 Å². The Balaban J connectivity index is 1.52. The Morgan fingerprint density at radius 2 is 1.57 bits per heavy atom. The van der Waals surface area contributed by atoms with E-state index in [4.69, 9.17) is 21.1 Å². The number of hydrogen-bond donors (Lipinski definition) is 3. The molecular formula is C34H29ClF3N3O5S. The van der Waals surface area contributed by atoms with Gasteiger partial charge in [0.1, 0.15) is 5.70 Å². The smallest absolute Gasteiger partial charge is 0.418 e. The third kappa shape index (κ3) is 9.53. The second-order valence-electron chi connectivity index (χ2n) is 9.91. The van der Waals surface area contributed by atoms with E-state index >= 15 is 0 Å². The minimum absolute atomic E-state index is 0.0692. The summed E-state index contributed by atoms with van der Waals surface area (Å²) in [6.07, 6.45) is -3.24. The van der Waals surface area contributed by atoms with E-state index in [-0.39, 0.29) is 10.7 Å². The summed E-state index contributed by atoms with van der Waals surface area (Å²) in [6, 6.07) is 23.0. The first kappa shape index (κ1) is 34.9. The molecule has 1 unspecified atom stereocenters. The van der Waals surface area contributed by atoms with Gasteiger partial charge in [-0.2, -0.15) is 13.2 Å². The molecular weight excluding hydrogens is 655 g/mol. The summed E-state index contributed by atoms with van der Waals surface area (Å²) in [5, 5.41) is 6.81. The number of benzene rings is 4. The summed E-state index contributed by atoms with van der Waals surface area (Å²) < 4.78 is 51.1. The number of ether oxygens (including phenoxy) is 2. The van der Waals surface area contributed by atoms with Crippen molar-refractivity contribution >= 4 is 58.5 Å². The second-order valence-corrected chi connectivity index (χ2v) is 11.8. The van der Waals surface area contributed by atoms with Gasteiger partial charge in [0.15, 0.2) is 11.5 Å². The van der Waals surface area contributed by atoms with Crippen molar-refractivity contribution in [2.24, 2.45) is 0 Å². The number of thioether (sulfide) groups is 1. The van der Waals surface area contributed by atoms with Crippen LogP contribution in [0.3, 0.4) is 0 Å². The monoisotopic (exact) mass is 683 g/mol. The van der Waals surface area contributed by atoms with Gasteiger partial charge in [0.25, 0.3) is 11.8 Å². The van der Waals surface area contributed by atoms with Gasteiger partial charge in [-0.1, -0.05) is 41.9 Å². The molecule has 13 heteroatoms. The molecule has 0 fully saturated rings. The molecule has 1 atom stereocenters. The Bertz CT molecular complexity index is 1800. The lowest BCUT2D eigenvalue weighted by Gasteiger charge is -2.17. The van der Waals surface area contributed by atoms with Crippen LogP contribution in [0.25, 0.3) is 6.08 Å². The van der Waals surface area contributed by atoms with Gasteiger partial charge in [-0.3, -0.25) is 14.4 Å². The number of carbonyl (C=O) groups excluding carboxylic acids is 3. The highest BCUT2D eigenvalue weighted by atomic mass is 35.5. The third-order valence-corrected chi connectivity index (χ3v) is 7.90. The van der Waals surface area contributed by atoms with Crippen molar-refractivity contribution in [3.05, 3.63) is 118 Å². The predicted molar refractivity (Wildman–Crippen MR) is 177 cm³/mol. The largest absolute Gasteiger partial charge is 0.493 e. The molecule has 0 heterocycles. The summed E-state index contributed by atoms with van der Waals surface area (Å²) >= 11 is 6.81. The number of alkyl halides is 3. The average Bonchev–Trinajstić information content (AvgIpc) is 3.05. The zero-order chi connectivity index (χ0) is 34.1. The van der Waals surface area contributed by atoms with Gasteiger partial charge in [-0.25, -0.2) is 0 Å². The van der Waals surface area contributed by atoms with Crippen LogP contribution < -0.4 is 25.4 Å². The highest BCUT2D eigenvalue weighted by molar-refractivity contribution is 8.00. The maximum Gasteiger partial charge on any atom is 0.418 e. The summed E-state index contributed by atoms with van der Waals surface area (Å²) in [6.45, 7) is 1.54. The number of methoxy groups -OCH3 is 2. The van der Waals surface area contributed by atoms with Crippen molar-refractivity contribution < 1.29 is 37.0 Å². The van der Waals surface area contributed by atoms with E-state index in [0.717, 1.165) is 23.9 Å². The maximum absolute atomic E-state index is 13.5. The molecule has 0 spiro atoms. The SMILES string of the molecule is COc1ccc(/C=C(/NC(=O)c2ccccc2)C(=O)Nc2cccc(SC(C)C(=O)Nc3ccc(Cl)cc3C(F)(F)F)c2)cc1OC. The quantitative estimate of drug-likeness (QED) is 0.110. The number of hydrogen-bond acceptors (Lipinski definition) is 6. The van der Waals surface area contributed by atoms with E-state index in [1.807, 2.05) is 0 Å². The van der Waals surface area contributed by atoms with Crippen LogP contribution in [0.2, 0.25) is 5.02 Å². The first-order chi connectivity index (χ1) is 22.4. The van der Waals surface area contributed by atoms with E-state index in [1.165, 1.54) is 33.3 Å². The lowest BCUT2D eigenvalue weighted by molar-refractivity contribution is -0.137. The van der Waals surface area contributed by atoms with E-state index < -0.39 is 40.4 Å². The Morgan fingerprint density at radius 1 is 0.851 bits per heavy atom. The minimum Gasteiger partial charge on any atom is -0.493 e. The highest BCUT2D eigenvalue weighted by Gasteiger charge is 2.34. The Labute approximate surface area is 278 Å². The normalized spacial score (nSPS) is 12.1. The summed E-state index contributed by atoms with van der Waals surface area (Å²) in [7, 11) is 2.97. The Hall–Kier alpha value is -4.94. The molecule has 47 heavy (non-hydrogen) atoms. The molecule has 0 aliphatic carbocycles. The van der Waals surface area contributed by atoms with Gasteiger partial charge < -0.3 is 25.4 Å². The third-order valence-electron chi connectivity index (χ3n) is 6.57. The van der Waals surface area contributed by atoms with Crippen molar-refractivity contribution in [1.82, 2.24) is 5.32 Å². The summed E-state index contributed by atoms with van der Waals surface area (Å²) in [5.41, 5.74) is -0.315. The zero-order valence-corrected chi connectivity index (χ0v) is 26.8. The predicted octanol–water partition coefficient (Wildman–Crippen LogP) is 7.90. The Morgan fingerprint density at radius 3 is 2.26 bits per heavy atom. The summed E-state index contributed by atoms with van der Waals surface area (Å²) in [5.74, 6) is -0.912. The van der Waals surface area contributed by atoms with Crippen LogP contribution >= 0.6 is 23.4 Å². The van der Waals surface area contributed by atoms with Crippen LogP contribution in [-0.2, 0) is 15.8 Å². The number of anilines is 2. The number of amides is 3. The van der Waals surface area contributed by atoms with Crippen molar-refractivity contribution in [1.29, 1.82) is 0 Å². The van der Waals surface area contributed by atoms with Crippen molar-refractivity contribution in [3.8, 4) is 11.5 Å². The molecule has 0 aliphatic rings. The van der Waals surface area contributed by atoms with Crippen LogP contribution in [0, 0.1) is 0 Å². The molecule has 3 N–H and O–H groups in total. The van der Waals surface area contributed by atoms with Gasteiger partial charge in [-0.05, 0) is 79.2 Å². The fraction of sp³-hybridized carbons (Fsp3) is 0.147. The van der Waals surface area contributed by atoms with Gasteiger partial charge in [0, 0.05) is 21.2 Å². The Kier molecular flexibility index (Phi) is 11.6. The zero-order valence-electron chi connectivity index (χ0n) is 25.3. The lowest BCUT2D eigenvalue weighted by atomic mass is 10.1. The molecule has 0 saturated carbocycles. The molecule has 8 nitrogen and oxygen atoms in total. The lowest BCUT2D eigenvalue weighted by Crippen LogP contribution is -2.30. The molecule has 0 radical (unpaired) electrons. The fourth-order valence-corrected chi connectivity index (χ4v) is 5.35. The van der Waals surface area contributed by atoms with Crippen molar-refractivity contribution in [2.45, 2.75) is 23.2 Å². The molecule has 4 rings (SSSR count). The first-order valence-corrected chi connectivity index (χ1v) is 15.2. The van der Waals surface area contributed by atoms with E-state index in [1.54, 1.807) is 72.8 Å². The number of carbonyl (C=O) groups is 3. The topological polar surface area (TPSA) is 106 Å². The molecule has 0 bridgehead atoms. The first-order valence-electron chi connectivity index (χ1n) is 13.9. The van der Waals surface area contributed by atoms with E-state index in [0.29, 0.717) is 33.2 Å². The number of halogens is 4. The molecule has 0 aliphatic heterocycles. The maximum atomic E-state index is 13.5. The van der Waals surface area contributed by atoms with Crippen LogP contribution in [0.4, 0.5) is 24.5 Å². The molecule has 0 aromatic heterocycles. The molecule has 244 valence electrons. The van der Waals surface area contributed by atoms with Crippen LogP contribution in [0.1, 0.15) is 28.4 Å². The summed E-state index contributed by atoms with van der Waals surface area (Å²) in [4.78, 5) is 39.9. The van der Waals surface area contributed by atoms with Crippen LogP contribution in [-0.4, -0.2) is 37.2 Å². The van der Waals surface area contributed by atoms with Gasteiger partial charge >= 0.3 is 6.18 Å². The highest BCUT2D eigenvalue weighted by Crippen LogP contribution is 2.37. The number of nitrogens with one attached hydrogen (secondary N) is 3. The van der Waals surface area contributed by atoms with E-state index in [2.05, 4.69) is 16.0 Å². The molecule has 0 saturated heterocycles. The standard InChI is InChI=1S/C34H29ClF3N3O5S/c1-20(31(42)40-27-14-13-23(35)18-26(27)34(36,37)38)47-25-11-7-10-24(19-25)39-33(44)28(41-32(43)22-8-5-4-6-9-22)16-21-12-15-29(45-2)30(17-21)46-3/h4-20H,1-3H3,(H,39,44)(H,40,42)(H,41,43)/b28-16+. The second kappa shape index (κ2) is 15.6. The molecule has 4 aromatic rings. The van der Waals surface area contributed by atoms with Crippen molar-refractivity contribution in [2.75, 3.05) is 24.9 Å². The molecule has 3 amide bonds. The minimum atomic E-state index is -4.72. The number of rotatable bonds is 11. The molecule has 4 aromatic carbocycles. The average molecular weight is 684 g/mol. The van der Waals surface area contributed by atoms with Crippen molar-refractivity contribution in [3.63, 3.8) is 0 Å². The van der Waals surface area contributed by atoms with Gasteiger partial charge in [0.2, 0.25) is 5.91 Å². The van der Waals surface area contributed by atoms with Crippen LogP contribution in [0.15, 0.2) is 102 Å². The fourth-order valence-electron chi connectivity index (χ4n) is 4.25. The van der Waals surface area contributed by atoms with Gasteiger partial charge in [0.05, 0.1) is 30.7 Å².